The van der Waals surface area contributed by atoms with Crippen LogP contribution in [-0.4, -0.2) is 20.7 Å². The largest absolute Gasteiger partial charge is 0.319 e. The summed E-state index contributed by atoms with van der Waals surface area (Å²) in [6.45, 7) is 0. The zero-order chi connectivity index (χ0) is 19.5. The Bertz CT molecular complexity index is 1130. The Kier molecular flexibility index (Phi) is 4.99. The van der Waals surface area contributed by atoms with Gasteiger partial charge >= 0.3 is 0 Å². The van der Waals surface area contributed by atoms with E-state index in [9.17, 15) is 9.18 Å². The van der Waals surface area contributed by atoms with Gasteiger partial charge < -0.3 is 5.32 Å². The predicted molar refractivity (Wildman–Crippen MR) is 109 cm³/mol. The summed E-state index contributed by atoms with van der Waals surface area (Å²) in [7, 11) is 0. The van der Waals surface area contributed by atoms with Crippen molar-refractivity contribution in [2.75, 3.05) is 5.32 Å². The number of hydrogen-bond donors (Lipinski definition) is 1. The normalized spacial score (nSPS) is 10.6. The predicted octanol–water partition coefficient (Wildman–Crippen LogP) is 5.09. The van der Waals surface area contributed by atoms with Crippen molar-refractivity contribution in [3.8, 4) is 17.1 Å². The molecule has 3 aromatic carbocycles. The van der Waals surface area contributed by atoms with Gasteiger partial charge in [0.2, 0.25) is 5.82 Å². The molecule has 0 aliphatic carbocycles. The first-order valence-electron chi connectivity index (χ1n) is 8.45. The molecular formula is C21H14BrFN4O. The summed E-state index contributed by atoms with van der Waals surface area (Å²) in [6, 6.07) is 22.5. The second-order valence-electron chi connectivity index (χ2n) is 5.98. The number of hydrogen-bond acceptors (Lipinski definition) is 3. The highest BCUT2D eigenvalue weighted by molar-refractivity contribution is 9.10. The summed E-state index contributed by atoms with van der Waals surface area (Å²) >= 11 is 3.37. The van der Waals surface area contributed by atoms with Gasteiger partial charge in [0.25, 0.3) is 5.91 Å². The van der Waals surface area contributed by atoms with E-state index in [2.05, 4.69) is 31.3 Å². The maximum absolute atomic E-state index is 13.3. The first kappa shape index (κ1) is 18.1. The monoisotopic (exact) mass is 436 g/mol. The summed E-state index contributed by atoms with van der Waals surface area (Å²) in [5, 5.41) is 7.17. The Hall–Kier alpha value is -3.32. The number of aromatic nitrogens is 3. The van der Waals surface area contributed by atoms with Crippen molar-refractivity contribution in [2.45, 2.75) is 0 Å². The van der Waals surface area contributed by atoms with Crippen LogP contribution in [0.25, 0.3) is 17.1 Å². The quantitative estimate of drug-likeness (QED) is 0.484. The van der Waals surface area contributed by atoms with Crippen LogP contribution in [0.1, 0.15) is 10.6 Å². The van der Waals surface area contributed by atoms with E-state index >= 15 is 0 Å². The number of rotatable bonds is 4. The molecule has 1 N–H and O–H groups in total. The van der Waals surface area contributed by atoms with E-state index in [1.165, 1.54) is 12.1 Å². The third kappa shape index (κ3) is 3.84. The third-order valence-corrected chi connectivity index (χ3v) is 4.49. The SMILES string of the molecule is O=C(Nc1cccc(Br)c1)c1nc(-c2ccc(F)cc2)n(-c2ccccc2)n1. The molecule has 0 spiro atoms. The molecule has 0 aliphatic rings. The van der Waals surface area contributed by atoms with Gasteiger partial charge in [-0.15, -0.1) is 5.10 Å². The number of carbonyl (C=O) groups excluding carboxylic acids is 1. The van der Waals surface area contributed by atoms with Crippen molar-refractivity contribution in [3.05, 3.63) is 95.0 Å². The van der Waals surface area contributed by atoms with Crippen molar-refractivity contribution in [1.82, 2.24) is 14.8 Å². The van der Waals surface area contributed by atoms with E-state index in [0.717, 1.165) is 10.2 Å². The van der Waals surface area contributed by atoms with Gasteiger partial charge in [0.05, 0.1) is 5.69 Å². The fraction of sp³-hybridized carbons (Fsp3) is 0. The minimum Gasteiger partial charge on any atom is -0.319 e. The summed E-state index contributed by atoms with van der Waals surface area (Å²) in [6.07, 6.45) is 0. The van der Waals surface area contributed by atoms with Gasteiger partial charge in [0.1, 0.15) is 5.82 Å². The first-order valence-corrected chi connectivity index (χ1v) is 9.25. The third-order valence-electron chi connectivity index (χ3n) is 4.00. The van der Waals surface area contributed by atoms with Gasteiger partial charge in [-0.05, 0) is 54.6 Å². The molecule has 0 aliphatic heterocycles. The second kappa shape index (κ2) is 7.74. The topological polar surface area (TPSA) is 59.8 Å². The zero-order valence-electron chi connectivity index (χ0n) is 14.5. The molecule has 4 rings (SSSR count). The van der Waals surface area contributed by atoms with Crippen LogP contribution in [0.2, 0.25) is 0 Å². The summed E-state index contributed by atoms with van der Waals surface area (Å²) in [5.74, 6) is -0.313. The van der Waals surface area contributed by atoms with Gasteiger partial charge in [-0.3, -0.25) is 4.79 Å². The van der Waals surface area contributed by atoms with E-state index in [1.807, 2.05) is 42.5 Å². The van der Waals surface area contributed by atoms with E-state index in [1.54, 1.807) is 28.9 Å². The zero-order valence-corrected chi connectivity index (χ0v) is 16.1. The number of carbonyl (C=O) groups is 1. The van der Waals surface area contributed by atoms with Gasteiger partial charge in [-0.25, -0.2) is 14.1 Å². The number of para-hydroxylation sites is 1. The van der Waals surface area contributed by atoms with Gasteiger partial charge in [0, 0.05) is 15.7 Å². The highest BCUT2D eigenvalue weighted by Gasteiger charge is 2.19. The molecule has 28 heavy (non-hydrogen) atoms. The smallest absolute Gasteiger partial charge is 0.295 e. The molecular weight excluding hydrogens is 423 g/mol. The molecule has 0 bridgehead atoms. The lowest BCUT2D eigenvalue weighted by Gasteiger charge is -2.05. The molecule has 1 aromatic heterocycles. The molecule has 0 fully saturated rings. The van der Waals surface area contributed by atoms with Crippen LogP contribution >= 0.6 is 15.9 Å². The number of nitrogens with zero attached hydrogens (tertiary/aromatic N) is 3. The number of anilines is 1. The Morgan fingerprint density at radius 2 is 1.71 bits per heavy atom. The van der Waals surface area contributed by atoms with Crippen LogP contribution in [0.15, 0.2) is 83.3 Å². The number of benzene rings is 3. The van der Waals surface area contributed by atoms with Crippen LogP contribution < -0.4 is 5.32 Å². The van der Waals surface area contributed by atoms with Gasteiger partial charge in [0.15, 0.2) is 5.82 Å². The van der Waals surface area contributed by atoms with E-state index in [4.69, 9.17) is 0 Å². The van der Waals surface area contributed by atoms with Crippen LogP contribution in [0, 0.1) is 5.82 Å². The minimum absolute atomic E-state index is 0.0168. The first-order chi connectivity index (χ1) is 13.6. The number of amides is 1. The molecule has 0 saturated carbocycles. The molecule has 0 atom stereocenters. The fourth-order valence-electron chi connectivity index (χ4n) is 2.70. The van der Waals surface area contributed by atoms with Crippen molar-refractivity contribution in [3.63, 3.8) is 0 Å². The number of halogens is 2. The molecule has 138 valence electrons. The van der Waals surface area contributed by atoms with Crippen molar-refractivity contribution < 1.29 is 9.18 Å². The highest BCUT2D eigenvalue weighted by Crippen LogP contribution is 2.22. The average molecular weight is 437 g/mol. The molecule has 4 aromatic rings. The molecule has 7 heteroatoms. The van der Waals surface area contributed by atoms with E-state index in [-0.39, 0.29) is 11.6 Å². The Labute approximate surface area is 169 Å². The van der Waals surface area contributed by atoms with Crippen LogP contribution in [0.3, 0.4) is 0 Å². The lowest BCUT2D eigenvalue weighted by Crippen LogP contribution is -2.14. The summed E-state index contributed by atoms with van der Waals surface area (Å²) in [4.78, 5) is 17.1. The maximum Gasteiger partial charge on any atom is 0.295 e. The highest BCUT2D eigenvalue weighted by atomic mass is 79.9. The Balaban J connectivity index is 1.74. The van der Waals surface area contributed by atoms with Crippen molar-refractivity contribution in [2.24, 2.45) is 0 Å². The average Bonchev–Trinajstić information content (AvgIpc) is 3.15. The minimum atomic E-state index is -0.434. The van der Waals surface area contributed by atoms with Crippen molar-refractivity contribution in [1.29, 1.82) is 0 Å². The maximum atomic E-state index is 13.3. The Morgan fingerprint density at radius 1 is 0.964 bits per heavy atom. The lowest BCUT2D eigenvalue weighted by atomic mass is 10.2. The van der Waals surface area contributed by atoms with Crippen LogP contribution in [0.4, 0.5) is 10.1 Å². The molecule has 0 radical (unpaired) electrons. The molecule has 1 heterocycles. The van der Waals surface area contributed by atoms with Gasteiger partial charge in [-0.1, -0.05) is 40.2 Å². The van der Waals surface area contributed by atoms with Crippen LogP contribution in [0.5, 0.6) is 0 Å². The molecule has 0 saturated heterocycles. The molecule has 0 unspecified atom stereocenters. The molecule has 5 nitrogen and oxygen atoms in total. The Morgan fingerprint density at radius 3 is 2.43 bits per heavy atom. The lowest BCUT2D eigenvalue weighted by molar-refractivity contribution is 0.101. The van der Waals surface area contributed by atoms with Crippen LogP contribution in [-0.2, 0) is 0 Å². The summed E-state index contributed by atoms with van der Waals surface area (Å²) in [5.41, 5.74) is 2.02. The van der Waals surface area contributed by atoms with Gasteiger partial charge in [-0.2, -0.15) is 0 Å². The molecule has 1 amide bonds. The van der Waals surface area contributed by atoms with E-state index in [0.29, 0.717) is 17.1 Å². The summed E-state index contributed by atoms with van der Waals surface area (Å²) < 4.78 is 15.7. The van der Waals surface area contributed by atoms with Crippen molar-refractivity contribution >= 4 is 27.5 Å². The fourth-order valence-corrected chi connectivity index (χ4v) is 3.10. The van der Waals surface area contributed by atoms with E-state index < -0.39 is 5.91 Å². The second-order valence-corrected chi connectivity index (χ2v) is 6.89. The standard InChI is InChI=1S/C21H14BrFN4O/c22-15-5-4-6-17(13-15)24-21(28)19-25-20(14-9-11-16(23)12-10-14)27(26-19)18-7-2-1-3-8-18/h1-13H,(H,24,28). The number of nitrogens with one attached hydrogen (secondary N) is 1.